The van der Waals surface area contributed by atoms with Gasteiger partial charge in [0.15, 0.2) is 0 Å². The quantitative estimate of drug-likeness (QED) is 0.642. The van der Waals surface area contributed by atoms with Crippen molar-refractivity contribution in [2.45, 2.75) is 38.8 Å². The van der Waals surface area contributed by atoms with E-state index in [9.17, 15) is 14.7 Å². The highest BCUT2D eigenvalue weighted by Crippen LogP contribution is 2.23. The number of aryl methyl sites for hydroxylation is 1. The number of hydrogen-bond donors (Lipinski definition) is 1. The fourth-order valence-electron chi connectivity index (χ4n) is 3.74. The van der Waals surface area contributed by atoms with E-state index in [2.05, 4.69) is 6.92 Å². The van der Waals surface area contributed by atoms with Gasteiger partial charge in [-0.3, -0.25) is 14.5 Å². The van der Waals surface area contributed by atoms with Crippen molar-refractivity contribution in [1.29, 1.82) is 0 Å². The normalized spacial score (nSPS) is 14.7. The third kappa shape index (κ3) is 3.20. The topological polar surface area (TPSA) is 75.4 Å². The number of benzene rings is 2. The average Bonchev–Trinajstić information content (AvgIpc) is 3.17. The molecule has 4 rings (SSSR count). The minimum atomic E-state index is -0.875. The van der Waals surface area contributed by atoms with Crippen LogP contribution in [0.5, 0.6) is 0 Å². The van der Waals surface area contributed by atoms with Gasteiger partial charge in [0, 0.05) is 6.42 Å². The number of carbonyl (C=O) groups excluding carboxylic acids is 2. The molecule has 0 fully saturated rings. The van der Waals surface area contributed by atoms with Crippen LogP contribution in [0.1, 0.15) is 46.3 Å². The largest absolute Gasteiger partial charge is 0.389 e. The molecule has 1 N–H and O–H groups in total. The van der Waals surface area contributed by atoms with Gasteiger partial charge in [-0.1, -0.05) is 37.6 Å². The van der Waals surface area contributed by atoms with E-state index in [-0.39, 0.29) is 24.9 Å². The van der Waals surface area contributed by atoms with Crippen LogP contribution in [0, 0.1) is 0 Å². The van der Waals surface area contributed by atoms with Gasteiger partial charge in [0.25, 0.3) is 11.8 Å². The maximum absolute atomic E-state index is 12.5. The number of aliphatic hydroxyl groups excluding tert-OH is 1. The summed E-state index contributed by atoms with van der Waals surface area (Å²) in [7, 11) is 0. The SMILES string of the molecule is CCCCc1nc2ccccc2n1CC(O)CN1C(=O)c2ccccc2C1=O. The molecule has 2 heterocycles. The number of para-hydroxylation sites is 2. The average molecular weight is 377 g/mol. The summed E-state index contributed by atoms with van der Waals surface area (Å²) in [6.07, 6.45) is 2.02. The van der Waals surface area contributed by atoms with Gasteiger partial charge in [-0.05, 0) is 30.7 Å². The van der Waals surface area contributed by atoms with E-state index in [1.54, 1.807) is 24.3 Å². The lowest BCUT2D eigenvalue weighted by Crippen LogP contribution is -2.38. The smallest absolute Gasteiger partial charge is 0.261 e. The fourth-order valence-corrected chi connectivity index (χ4v) is 3.74. The molecular weight excluding hydrogens is 354 g/mol. The lowest BCUT2D eigenvalue weighted by Gasteiger charge is -2.20. The highest BCUT2D eigenvalue weighted by atomic mass is 16.3. The fraction of sp³-hybridized carbons (Fsp3) is 0.318. The molecule has 3 aromatic rings. The molecule has 0 spiro atoms. The molecule has 0 radical (unpaired) electrons. The van der Waals surface area contributed by atoms with E-state index in [0.29, 0.717) is 11.1 Å². The number of aliphatic hydroxyl groups is 1. The first-order chi connectivity index (χ1) is 13.6. The second-order valence-electron chi connectivity index (χ2n) is 7.15. The molecule has 6 nitrogen and oxygen atoms in total. The number of hydrogen-bond acceptors (Lipinski definition) is 4. The summed E-state index contributed by atoms with van der Waals surface area (Å²) in [5, 5.41) is 10.7. The van der Waals surface area contributed by atoms with Crippen LogP contribution >= 0.6 is 0 Å². The standard InChI is InChI=1S/C22H23N3O3/c1-2-3-12-20-23-18-10-6-7-11-19(18)24(20)13-15(26)14-25-21(27)16-8-4-5-9-17(16)22(25)28/h4-11,15,26H,2-3,12-14H2,1H3. The molecular formula is C22H23N3O3. The molecule has 1 aliphatic heterocycles. The van der Waals surface area contributed by atoms with Crippen LogP contribution in [0.15, 0.2) is 48.5 Å². The Bertz CT molecular complexity index is 1010. The van der Waals surface area contributed by atoms with Crippen LogP contribution in [0.4, 0.5) is 0 Å². The molecule has 0 aliphatic carbocycles. The van der Waals surface area contributed by atoms with Gasteiger partial charge in [-0.15, -0.1) is 0 Å². The molecule has 0 bridgehead atoms. The number of carbonyl (C=O) groups is 2. The van der Waals surface area contributed by atoms with Crippen LogP contribution in [0.25, 0.3) is 11.0 Å². The van der Waals surface area contributed by atoms with Crippen molar-refractivity contribution in [1.82, 2.24) is 14.5 Å². The number of amides is 2. The first-order valence-corrected chi connectivity index (χ1v) is 9.67. The lowest BCUT2D eigenvalue weighted by molar-refractivity contribution is 0.0521. The Kier molecular flexibility index (Phi) is 4.96. The Labute approximate surface area is 163 Å². The van der Waals surface area contributed by atoms with Crippen molar-refractivity contribution in [3.8, 4) is 0 Å². The molecule has 6 heteroatoms. The van der Waals surface area contributed by atoms with Crippen LogP contribution < -0.4 is 0 Å². The summed E-state index contributed by atoms with van der Waals surface area (Å²) in [5.74, 6) is 0.229. The molecule has 144 valence electrons. The predicted octanol–water partition coefficient (Wildman–Crippen LogP) is 3.04. The zero-order valence-electron chi connectivity index (χ0n) is 15.8. The first kappa shape index (κ1) is 18.4. The summed E-state index contributed by atoms with van der Waals surface area (Å²) in [6.45, 7) is 2.38. The molecule has 2 amide bonds. The maximum atomic E-state index is 12.5. The zero-order valence-corrected chi connectivity index (χ0v) is 15.8. The monoisotopic (exact) mass is 377 g/mol. The Morgan fingerprint density at radius 1 is 0.964 bits per heavy atom. The molecule has 0 saturated heterocycles. The highest BCUT2D eigenvalue weighted by Gasteiger charge is 2.36. The number of β-amino-alcohol motifs (C(OH)–C–C–N with tert-alkyl or cyclic N) is 1. The summed E-state index contributed by atoms with van der Waals surface area (Å²) in [4.78, 5) is 30.9. The third-order valence-electron chi connectivity index (χ3n) is 5.15. The molecule has 28 heavy (non-hydrogen) atoms. The Morgan fingerprint density at radius 2 is 1.61 bits per heavy atom. The molecule has 0 saturated carbocycles. The van der Waals surface area contributed by atoms with Crippen molar-refractivity contribution in [2.75, 3.05) is 6.54 Å². The zero-order chi connectivity index (χ0) is 19.7. The van der Waals surface area contributed by atoms with Gasteiger partial charge in [0.2, 0.25) is 0 Å². The van der Waals surface area contributed by atoms with Crippen LogP contribution in [-0.4, -0.2) is 44.0 Å². The molecule has 1 aliphatic rings. The van der Waals surface area contributed by atoms with E-state index in [4.69, 9.17) is 4.98 Å². The number of imide groups is 1. The molecule has 1 atom stereocenters. The molecule has 1 aromatic heterocycles. The van der Waals surface area contributed by atoms with E-state index >= 15 is 0 Å². The van der Waals surface area contributed by atoms with Crippen molar-refractivity contribution in [3.63, 3.8) is 0 Å². The molecule has 2 aromatic carbocycles. The summed E-state index contributed by atoms with van der Waals surface area (Å²) in [6, 6.07) is 14.6. The van der Waals surface area contributed by atoms with Crippen LogP contribution in [0.3, 0.4) is 0 Å². The number of unbranched alkanes of at least 4 members (excludes halogenated alkanes) is 1. The maximum Gasteiger partial charge on any atom is 0.261 e. The summed E-state index contributed by atoms with van der Waals surface area (Å²) < 4.78 is 2.01. The minimum Gasteiger partial charge on any atom is -0.389 e. The molecule has 1 unspecified atom stereocenters. The van der Waals surface area contributed by atoms with Gasteiger partial charge in [0.05, 0.1) is 41.4 Å². The number of fused-ring (bicyclic) bond motifs is 2. The third-order valence-corrected chi connectivity index (χ3v) is 5.15. The van der Waals surface area contributed by atoms with E-state index in [1.165, 1.54) is 0 Å². The van der Waals surface area contributed by atoms with Crippen molar-refractivity contribution < 1.29 is 14.7 Å². The van der Waals surface area contributed by atoms with Crippen molar-refractivity contribution >= 4 is 22.8 Å². The van der Waals surface area contributed by atoms with E-state index in [1.807, 2.05) is 28.8 Å². The first-order valence-electron chi connectivity index (χ1n) is 9.67. The predicted molar refractivity (Wildman–Crippen MR) is 106 cm³/mol. The van der Waals surface area contributed by atoms with Crippen LogP contribution in [-0.2, 0) is 13.0 Å². The second-order valence-corrected chi connectivity index (χ2v) is 7.15. The van der Waals surface area contributed by atoms with Gasteiger partial charge in [-0.2, -0.15) is 0 Å². The van der Waals surface area contributed by atoms with E-state index in [0.717, 1.165) is 41.0 Å². The van der Waals surface area contributed by atoms with Gasteiger partial charge >= 0.3 is 0 Å². The number of nitrogens with zero attached hydrogens (tertiary/aromatic N) is 3. The van der Waals surface area contributed by atoms with Gasteiger partial charge in [-0.25, -0.2) is 4.98 Å². The van der Waals surface area contributed by atoms with Crippen molar-refractivity contribution in [3.05, 3.63) is 65.5 Å². The number of imidazole rings is 1. The van der Waals surface area contributed by atoms with Gasteiger partial charge < -0.3 is 9.67 Å². The Hall–Kier alpha value is -2.99. The van der Waals surface area contributed by atoms with E-state index < -0.39 is 6.10 Å². The Morgan fingerprint density at radius 3 is 2.29 bits per heavy atom. The lowest BCUT2D eigenvalue weighted by atomic mass is 10.1. The summed E-state index contributed by atoms with van der Waals surface area (Å²) >= 11 is 0. The minimum absolute atomic E-state index is 0.0356. The number of rotatable bonds is 7. The Balaban J connectivity index is 1.55. The summed E-state index contributed by atoms with van der Waals surface area (Å²) in [5.41, 5.74) is 2.64. The van der Waals surface area contributed by atoms with Crippen LogP contribution in [0.2, 0.25) is 0 Å². The second kappa shape index (κ2) is 7.56. The highest BCUT2D eigenvalue weighted by molar-refractivity contribution is 6.21. The van der Waals surface area contributed by atoms with Gasteiger partial charge in [0.1, 0.15) is 5.82 Å². The number of aromatic nitrogens is 2. The van der Waals surface area contributed by atoms with Crippen molar-refractivity contribution in [2.24, 2.45) is 0 Å².